The predicted octanol–water partition coefficient (Wildman–Crippen LogP) is 4.32. The SMILES string of the molecule is Cl.O=[N+]([O-])c1ccc(O)c(CNCc2ccc(Cl)cc2Cl)c1. The minimum atomic E-state index is -0.501. The Morgan fingerprint density at radius 1 is 1.09 bits per heavy atom. The Labute approximate surface area is 143 Å². The number of halogens is 3. The van der Waals surface area contributed by atoms with Gasteiger partial charge in [0.1, 0.15) is 5.75 Å². The average molecular weight is 364 g/mol. The maximum absolute atomic E-state index is 10.7. The molecule has 2 rings (SSSR count). The molecule has 0 saturated carbocycles. The maximum atomic E-state index is 10.7. The Kier molecular flexibility index (Phi) is 6.90. The number of hydrogen-bond acceptors (Lipinski definition) is 4. The third kappa shape index (κ3) is 4.74. The summed E-state index contributed by atoms with van der Waals surface area (Å²) in [4.78, 5) is 10.2. The summed E-state index contributed by atoms with van der Waals surface area (Å²) in [5.41, 5.74) is 1.24. The summed E-state index contributed by atoms with van der Waals surface area (Å²) < 4.78 is 0. The molecule has 2 aromatic carbocycles. The van der Waals surface area contributed by atoms with Crippen LogP contribution >= 0.6 is 35.6 Å². The van der Waals surface area contributed by atoms with Gasteiger partial charge in [-0.2, -0.15) is 0 Å². The van der Waals surface area contributed by atoms with E-state index in [0.29, 0.717) is 22.2 Å². The van der Waals surface area contributed by atoms with Gasteiger partial charge < -0.3 is 10.4 Å². The molecule has 0 radical (unpaired) electrons. The lowest BCUT2D eigenvalue weighted by atomic mass is 10.1. The van der Waals surface area contributed by atoms with Gasteiger partial charge in [0.25, 0.3) is 5.69 Å². The molecule has 0 amide bonds. The summed E-state index contributed by atoms with van der Waals surface area (Å²) >= 11 is 11.9. The van der Waals surface area contributed by atoms with Crippen molar-refractivity contribution in [3.05, 3.63) is 67.7 Å². The van der Waals surface area contributed by atoms with Gasteiger partial charge in [-0.25, -0.2) is 0 Å². The number of nitrogens with one attached hydrogen (secondary N) is 1. The van der Waals surface area contributed by atoms with Crippen LogP contribution in [0.15, 0.2) is 36.4 Å². The molecule has 0 heterocycles. The minimum Gasteiger partial charge on any atom is -0.508 e. The highest BCUT2D eigenvalue weighted by atomic mass is 35.5. The van der Waals surface area contributed by atoms with Crippen molar-refractivity contribution in [2.75, 3.05) is 0 Å². The second-order valence-corrected chi connectivity index (χ2v) is 5.25. The fourth-order valence-corrected chi connectivity index (χ4v) is 2.30. The normalized spacial score (nSPS) is 10.1. The summed E-state index contributed by atoms with van der Waals surface area (Å²) in [6.45, 7) is 0.741. The van der Waals surface area contributed by atoms with Crippen molar-refractivity contribution in [2.45, 2.75) is 13.1 Å². The van der Waals surface area contributed by atoms with Gasteiger partial charge in [-0.3, -0.25) is 10.1 Å². The molecule has 0 fully saturated rings. The molecule has 8 heteroatoms. The van der Waals surface area contributed by atoms with Crippen molar-refractivity contribution >= 4 is 41.3 Å². The van der Waals surface area contributed by atoms with Crippen molar-refractivity contribution in [2.24, 2.45) is 0 Å². The molecule has 0 aliphatic rings. The third-order valence-electron chi connectivity index (χ3n) is 2.92. The number of nitrogens with zero attached hydrogens (tertiary/aromatic N) is 1. The Bertz CT molecular complexity index is 680. The molecule has 0 aliphatic heterocycles. The van der Waals surface area contributed by atoms with E-state index in [1.165, 1.54) is 18.2 Å². The first kappa shape index (κ1) is 18.5. The number of nitro benzene ring substituents is 1. The number of hydrogen-bond donors (Lipinski definition) is 2. The summed E-state index contributed by atoms with van der Waals surface area (Å²) in [7, 11) is 0. The summed E-state index contributed by atoms with van der Waals surface area (Å²) in [6, 6.07) is 9.08. The zero-order valence-corrected chi connectivity index (χ0v) is 13.6. The van der Waals surface area contributed by atoms with Crippen LogP contribution < -0.4 is 5.32 Å². The van der Waals surface area contributed by atoms with E-state index in [9.17, 15) is 15.2 Å². The van der Waals surface area contributed by atoms with E-state index in [1.807, 2.05) is 0 Å². The largest absolute Gasteiger partial charge is 0.508 e. The van der Waals surface area contributed by atoms with Gasteiger partial charge in [-0.1, -0.05) is 29.3 Å². The van der Waals surface area contributed by atoms with Crippen LogP contribution in [0, 0.1) is 10.1 Å². The number of phenolic OH excluding ortho intramolecular Hbond substituents is 1. The summed E-state index contributed by atoms with van der Waals surface area (Å²) in [5, 5.41) is 24.6. The van der Waals surface area contributed by atoms with Crippen LogP contribution in [-0.4, -0.2) is 10.0 Å². The fraction of sp³-hybridized carbons (Fsp3) is 0.143. The lowest BCUT2D eigenvalue weighted by Crippen LogP contribution is -2.13. The number of nitro groups is 1. The molecule has 5 nitrogen and oxygen atoms in total. The first-order valence-corrected chi connectivity index (χ1v) is 6.84. The minimum absolute atomic E-state index is 0. The topological polar surface area (TPSA) is 75.4 Å². The van der Waals surface area contributed by atoms with E-state index < -0.39 is 4.92 Å². The van der Waals surface area contributed by atoms with Gasteiger partial charge in [0.05, 0.1) is 4.92 Å². The van der Waals surface area contributed by atoms with Gasteiger partial charge in [-0.05, 0) is 23.8 Å². The number of rotatable bonds is 5. The van der Waals surface area contributed by atoms with Crippen LogP contribution in [0.4, 0.5) is 5.69 Å². The van der Waals surface area contributed by atoms with Crippen LogP contribution in [0.3, 0.4) is 0 Å². The van der Waals surface area contributed by atoms with Crippen LogP contribution in [0.1, 0.15) is 11.1 Å². The van der Waals surface area contributed by atoms with Crippen LogP contribution in [0.2, 0.25) is 10.0 Å². The predicted molar refractivity (Wildman–Crippen MR) is 89.0 cm³/mol. The van der Waals surface area contributed by atoms with E-state index in [-0.39, 0.29) is 30.4 Å². The molecular formula is C14H13Cl3N2O3. The van der Waals surface area contributed by atoms with Crippen molar-refractivity contribution in [3.8, 4) is 5.75 Å². The third-order valence-corrected chi connectivity index (χ3v) is 3.51. The van der Waals surface area contributed by atoms with Gasteiger partial charge in [0, 0.05) is 40.8 Å². The smallest absolute Gasteiger partial charge is 0.270 e. The molecule has 118 valence electrons. The standard InChI is InChI=1S/C14H12Cl2N2O3.ClH/c15-11-2-1-9(13(16)6-11)7-17-8-10-5-12(18(20)21)3-4-14(10)19;/h1-6,17,19H,7-8H2;1H. The lowest BCUT2D eigenvalue weighted by molar-refractivity contribution is -0.384. The molecule has 2 N–H and O–H groups in total. The van der Waals surface area contributed by atoms with Gasteiger partial charge in [-0.15, -0.1) is 12.4 Å². The molecule has 0 aliphatic carbocycles. The van der Waals surface area contributed by atoms with E-state index in [2.05, 4.69) is 5.32 Å². The maximum Gasteiger partial charge on any atom is 0.270 e. The Balaban J connectivity index is 0.00000242. The fourth-order valence-electron chi connectivity index (χ4n) is 1.82. The molecule has 0 bridgehead atoms. The van der Waals surface area contributed by atoms with Crippen molar-refractivity contribution < 1.29 is 10.0 Å². The van der Waals surface area contributed by atoms with Crippen molar-refractivity contribution in [3.63, 3.8) is 0 Å². The first-order valence-electron chi connectivity index (χ1n) is 6.08. The number of phenols is 1. The molecular weight excluding hydrogens is 351 g/mol. The Hall–Kier alpha value is -1.53. The van der Waals surface area contributed by atoms with E-state index in [4.69, 9.17) is 23.2 Å². The van der Waals surface area contributed by atoms with Crippen LogP contribution in [0.5, 0.6) is 5.75 Å². The summed E-state index contributed by atoms with van der Waals surface area (Å²) in [5.74, 6) is 0.00954. The highest BCUT2D eigenvalue weighted by Crippen LogP contribution is 2.24. The zero-order valence-electron chi connectivity index (χ0n) is 11.3. The second-order valence-electron chi connectivity index (χ2n) is 4.41. The van der Waals surface area contributed by atoms with Crippen LogP contribution in [-0.2, 0) is 13.1 Å². The number of aromatic hydroxyl groups is 1. The molecule has 22 heavy (non-hydrogen) atoms. The average Bonchev–Trinajstić information content (AvgIpc) is 2.43. The van der Waals surface area contributed by atoms with Crippen molar-refractivity contribution in [1.29, 1.82) is 0 Å². The van der Waals surface area contributed by atoms with Crippen molar-refractivity contribution in [1.82, 2.24) is 5.32 Å². The van der Waals surface area contributed by atoms with E-state index >= 15 is 0 Å². The highest BCUT2D eigenvalue weighted by molar-refractivity contribution is 6.35. The molecule has 0 unspecified atom stereocenters. The Morgan fingerprint density at radius 3 is 2.41 bits per heavy atom. The van der Waals surface area contributed by atoms with E-state index in [1.54, 1.807) is 18.2 Å². The Morgan fingerprint density at radius 2 is 1.77 bits per heavy atom. The lowest BCUT2D eigenvalue weighted by Gasteiger charge is -2.08. The number of non-ortho nitro benzene ring substituents is 1. The quantitative estimate of drug-likeness (QED) is 0.613. The highest BCUT2D eigenvalue weighted by Gasteiger charge is 2.10. The molecule has 0 saturated heterocycles. The zero-order chi connectivity index (χ0) is 15.4. The number of benzene rings is 2. The van der Waals surface area contributed by atoms with Crippen LogP contribution in [0.25, 0.3) is 0 Å². The molecule has 0 atom stereocenters. The molecule has 0 spiro atoms. The second kappa shape index (κ2) is 8.19. The molecule has 0 aromatic heterocycles. The summed E-state index contributed by atoms with van der Waals surface area (Å²) in [6.07, 6.45) is 0. The monoisotopic (exact) mass is 362 g/mol. The van der Waals surface area contributed by atoms with Gasteiger partial charge in [0.2, 0.25) is 0 Å². The van der Waals surface area contributed by atoms with Gasteiger partial charge >= 0.3 is 0 Å². The molecule has 2 aromatic rings. The first-order chi connectivity index (χ1) is 9.97. The van der Waals surface area contributed by atoms with E-state index in [0.717, 1.165) is 5.56 Å². The van der Waals surface area contributed by atoms with Gasteiger partial charge in [0.15, 0.2) is 0 Å².